The number of nitrogens with one attached hydrogen (secondary N) is 1. The van der Waals surface area contributed by atoms with Gasteiger partial charge in [0.1, 0.15) is 18.1 Å². The SMILES string of the molecule is C#Cc1ccc(NC(=O)c2cn(CCF)c(C)c(C3=CCCCC3)c2=O)cc1F. The lowest BCUT2D eigenvalue weighted by Gasteiger charge is -2.19. The van der Waals surface area contributed by atoms with Crippen LogP contribution in [0.15, 0.2) is 35.3 Å². The van der Waals surface area contributed by atoms with Gasteiger partial charge in [-0.05, 0) is 56.4 Å². The first-order valence-electron chi connectivity index (χ1n) is 9.53. The average molecular weight is 396 g/mol. The number of pyridine rings is 1. The van der Waals surface area contributed by atoms with Gasteiger partial charge in [0.25, 0.3) is 5.91 Å². The Balaban J connectivity index is 2.04. The Kier molecular flexibility index (Phi) is 6.28. The summed E-state index contributed by atoms with van der Waals surface area (Å²) in [5, 5.41) is 2.54. The molecule has 1 N–H and O–H groups in total. The summed E-state index contributed by atoms with van der Waals surface area (Å²) in [6, 6.07) is 3.95. The maximum atomic E-state index is 13.9. The third-order valence-electron chi connectivity index (χ3n) is 5.11. The third kappa shape index (κ3) is 4.29. The van der Waals surface area contributed by atoms with E-state index in [-0.39, 0.29) is 23.4 Å². The van der Waals surface area contributed by atoms with Gasteiger partial charge in [0, 0.05) is 23.1 Å². The number of aryl methyl sites for hydroxylation is 1. The average Bonchev–Trinajstić information content (AvgIpc) is 2.71. The van der Waals surface area contributed by atoms with Gasteiger partial charge in [-0.15, -0.1) is 6.42 Å². The van der Waals surface area contributed by atoms with E-state index in [1.165, 1.54) is 18.3 Å². The van der Waals surface area contributed by atoms with Gasteiger partial charge in [0.05, 0.1) is 12.1 Å². The van der Waals surface area contributed by atoms with Crippen molar-refractivity contribution in [3.63, 3.8) is 0 Å². The zero-order chi connectivity index (χ0) is 21.0. The molecule has 6 heteroatoms. The molecule has 0 unspecified atom stereocenters. The molecule has 0 saturated carbocycles. The number of alkyl halides is 1. The van der Waals surface area contributed by atoms with Gasteiger partial charge in [-0.25, -0.2) is 8.78 Å². The Morgan fingerprint density at radius 2 is 2.14 bits per heavy atom. The van der Waals surface area contributed by atoms with Crippen molar-refractivity contribution in [1.82, 2.24) is 4.57 Å². The largest absolute Gasteiger partial charge is 0.347 e. The Labute approximate surface area is 168 Å². The Morgan fingerprint density at radius 1 is 1.34 bits per heavy atom. The van der Waals surface area contributed by atoms with Crippen molar-refractivity contribution in [3.8, 4) is 12.3 Å². The molecular weight excluding hydrogens is 374 g/mol. The maximum Gasteiger partial charge on any atom is 0.261 e. The molecule has 0 atom stereocenters. The summed E-state index contributed by atoms with van der Waals surface area (Å²) in [4.78, 5) is 25.9. The third-order valence-corrected chi connectivity index (χ3v) is 5.11. The normalized spacial score (nSPS) is 13.5. The second kappa shape index (κ2) is 8.87. The molecular formula is C23H22F2N2O2. The number of hydrogen-bond acceptors (Lipinski definition) is 2. The molecule has 1 aliphatic rings. The molecule has 29 heavy (non-hydrogen) atoms. The van der Waals surface area contributed by atoms with Gasteiger partial charge >= 0.3 is 0 Å². The highest BCUT2D eigenvalue weighted by Gasteiger charge is 2.21. The monoisotopic (exact) mass is 396 g/mol. The molecule has 0 radical (unpaired) electrons. The van der Waals surface area contributed by atoms with Crippen LogP contribution >= 0.6 is 0 Å². The number of allylic oxidation sites excluding steroid dienone is 2. The summed E-state index contributed by atoms with van der Waals surface area (Å²) in [7, 11) is 0. The number of carbonyl (C=O) groups excluding carboxylic acids is 1. The molecule has 0 fully saturated rings. The molecule has 3 rings (SSSR count). The first kappa shape index (κ1) is 20.5. The minimum absolute atomic E-state index is 0.0398. The zero-order valence-corrected chi connectivity index (χ0v) is 16.2. The van der Waals surface area contributed by atoms with Crippen LogP contribution in [0.3, 0.4) is 0 Å². The number of rotatable bonds is 5. The minimum atomic E-state index is -0.673. The number of terminal acetylenes is 1. The zero-order valence-electron chi connectivity index (χ0n) is 16.2. The minimum Gasteiger partial charge on any atom is -0.347 e. The van der Waals surface area contributed by atoms with E-state index in [1.807, 2.05) is 6.08 Å². The van der Waals surface area contributed by atoms with Crippen LogP contribution in [0, 0.1) is 25.1 Å². The molecule has 2 aromatic rings. The van der Waals surface area contributed by atoms with Gasteiger partial charge in [-0.3, -0.25) is 9.59 Å². The number of benzene rings is 1. The molecule has 0 saturated heterocycles. The van der Waals surface area contributed by atoms with Gasteiger partial charge in [-0.1, -0.05) is 12.0 Å². The fraction of sp³-hybridized carbons (Fsp3) is 0.304. The highest BCUT2D eigenvalue weighted by molar-refractivity contribution is 6.04. The van der Waals surface area contributed by atoms with E-state index in [0.717, 1.165) is 37.3 Å². The van der Waals surface area contributed by atoms with Gasteiger partial charge in [-0.2, -0.15) is 0 Å². The van der Waals surface area contributed by atoms with E-state index in [9.17, 15) is 18.4 Å². The van der Waals surface area contributed by atoms with Crippen LogP contribution in [0.2, 0.25) is 0 Å². The van der Waals surface area contributed by atoms with Crippen molar-refractivity contribution in [1.29, 1.82) is 0 Å². The Hall–Kier alpha value is -3.20. The van der Waals surface area contributed by atoms with Crippen molar-refractivity contribution in [2.24, 2.45) is 0 Å². The molecule has 4 nitrogen and oxygen atoms in total. The van der Waals surface area contributed by atoms with E-state index >= 15 is 0 Å². The van der Waals surface area contributed by atoms with Crippen molar-refractivity contribution in [2.45, 2.75) is 39.2 Å². The first-order valence-corrected chi connectivity index (χ1v) is 9.53. The lowest BCUT2D eigenvalue weighted by molar-refractivity contribution is 0.102. The summed E-state index contributed by atoms with van der Waals surface area (Å²) in [6.45, 7) is 1.18. The predicted molar refractivity (Wildman–Crippen MR) is 110 cm³/mol. The van der Waals surface area contributed by atoms with E-state index in [0.29, 0.717) is 11.3 Å². The summed E-state index contributed by atoms with van der Waals surface area (Å²) < 4.78 is 28.5. The number of nitrogens with zero attached hydrogens (tertiary/aromatic N) is 1. The molecule has 1 aromatic carbocycles. The van der Waals surface area contributed by atoms with Crippen molar-refractivity contribution < 1.29 is 13.6 Å². The molecule has 1 aliphatic carbocycles. The van der Waals surface area contributed by atoms with Crippen LogP contribution in [-0.2, 0) is 6.54 Å². The standard InChI is InChI=1S/C23H22F2N2O2/c1-3-16-9-10-18(13-20(16)25)26-23(29)19-14-27(12-11-24)15(2)21(22(19)28)17-7-5-4-6-8-17/h1,7,9-10,13-14H,4-6,8,11-12H2,2H3,(H,26,29). The van der Waals surface area contributed by atoms with Crippen molar-refractivity contribution >= 4 is 17.2 Å². The molecule has 0 spiro atoms. The molecule has 0 bridgehead atoms. The van der Waals surface area contributed by atoms with E-state index in [4.69, 9.17) is 6.42 Å². The summed E-state index contributed by atoms with van der Waals surface area (Å²) in [5.74, 6) is 0.891. The van der Waals surface area contributed by atoms with Crippen LogP contribution in [0.5, 0.6) is 0 Å². The fourth-order valence-electron chi connectivity index (χ4n) is 3.59. The molecule has 1 heterocycles. The molecule has 0 aliphatic heterocycles. The van der Waals surface area contributed by atoms with Gasteiger partial charge < -0.3 is 9.88 Å². The quantitative estimate of drug-likeness (QED) is 0.759. The molecule has 1 amide bonds. The van der Waals surface area contributed by atoms with Gasteiger partial charge in [0.15, 0.2) is 0 Å². The van der Waals surface area contributed by atoms with Crippen molar-refractivity contribution in [2.75, 3.05) is 12.0 Å². The summed E-state index contributed by atoms with van der Waals surface area (Å²) >= 11 is 0. The number of aromatic nitrogens is 1. The van der Waals surface area contributed by atoms with E-state index in [1.54, 1.807) is 11.5 Å². The highest BCUT2D eigenvalue weighted by Crippen LogP contribution is 2.27. The van der Waals surface area contributed by atoms with E-state index < -0.39 is 23.8 Å². The lowest BCUT2D eigenvalue weighted by Crippen LogP contribution is -2.28. The highest BCUT2D eigenvalue weighted by atomic mass is 19.1. The topological polar surface area (TPSA) is 51.1 Å². The first-order chi connectivity index (χ1) is 14.0. The molecule has 1 aromatic heterocycles. The summed E-state index contributed by atoms with van der Waals surface area (Å²) in [6.07, 6.45) is 12.2. The number of anilines is 1. The number of hydrogen-bond donors (Lipinski definition) is 1. The van der Waals surface area contributed by atoms with Crippen molar-refractivity contribution in [3.05, 3.63) is 68.9 Å². The van der Waals surface area contributed by atoms with Crippen LogP contribution in [0.1, 0.15) is 52.9 Å². The Morgan fingerprint density at radius 3 is 2.76 bits per heavy atom. The smallest absolute Gasteiger partial charge is 0.261 e. The molecule has 150 valence electrons. The fourth-order valence-corrected chi connectivity index (χ4v) is 3.59. The van der Waals surface area contributed by atoms with Crippen LogP contribution < -0.4 is 10.7 Å². The van der Waals surface area contributed by atoms with Gasteiger partial charge in [0.2, 0.25) is 5.43 Å². The lowest BCUT2D eigenvalue weighted by atomic mass is 9.91. The second-order valence-electron chi connectivity index (χ2n) is 6.98. The van der Waals surface area contributed by atoms with Crippen LogP contribution in [0.25, 0.3) is 5.57 Å². The number of amides is 1. The summed E-state index contributed by atoms with van der Waals surface area (Å²) in [5.41, 5.74) is 1.75. The Bertz CT molecular complexity index is 1080. The predicted octanol–water partition coefficient (Wildman–Crippen LogP) is 4.46. The van der Waals surface area contributed by atoms with Crippen LogP contribution in [-0.4, -0.2) is 17.1 Å². The van der Waals surface area contributed by atoms with Crippen LogP contribution in [0.4, 0.5) is 14.5 Å². The number of carbonyl (C=O) groups is 1. The number of halogens is 2. The van der Waals surface area contributed by atoms with E-state index in [2.05, 4.69) is 11.2 Å². The maximum absolute atomic E-state index is 13.9. The second-order valence-corrected chi connectivity index (χ2v) is 6.98.